The monoisotopic (exact) mass is 333 g/mol. The lowest BCUT2D eigenvalue weighted by atomic mass is 10.1. The van der Waals surface area contributed by atoms with E-state index in [1.54, 1.807) is 6.20 Å². The topological polar surface area (TPSA) is 62.7 Å². The zero-order valence-corrected chi connectivity index (χ0v) is 15.3. The van der Waals surface area contributed by atoms with Gasteiger partial charge in [0.2, 0.25) is 5.95 Å². The van der Waals surface area contributed by atoms with Gasteiger partial charge in [0.1, 0.15) is 0 Å². The molecule has 0 fully saturated rings. The average molecular weight is 333 g/mol. The summed E-state index contributed by atoms with van der Waals surface area (Å²) in [6.07, 6.45) is 1.63. The van der Waals surface area contributed by atoms with Crippen LogP contribution in [0, 0.1) is 34.6 Å². The molecule has 0 spiro atoms. The van der Waals surface area contributed by atoms with Crippen molar-refractivity contribution in [1.82, 2.24) is 15.2 Å². The summed E-state index contributed by atoms with van der Waals surface area (Å²) in [5, 5.41) is 14.8. The van der Waals surface area contributed by atoms with Crippen LogP contribution in [0.1, 0.15) is 27.8 Å². The third-order valence-corrected chi connectivity index (χ3v) is 4.21. The van der Waals surface area contributed by atoms with Gasteiger partial charge in [-0.2, -0.15) is 10.1 Å². The molecule has 2 aromatic carbocycles. The molecule has 0 aliphatic rings. The number of nitrogens with one attached hydrogen (secondary N) is 2. The van der Waals surface area contributed by atoms with E-state index in [4.69, 9.17) is 0 Å². The lowest BCUT2D eigenvalue weighted by molar-refractivity contribution is 0.980. The Morgan fingerprint density at radius 2 is 1.36 bits per heavy atom. The highest BCUT2D eigenvalue weighted by Crippen LogP contribution is 2.26. The van der Waals surface area contributed by atoms with Crippen molar-refractivity contribution in [2.45, 2.75) is 34.6 Å². The fraction of sp³-hybridized carbons (Fsp3) is 0.250. The summed E-state index contributed by atoms with van der Waals surface area (Å²) in [6, 6.07) is 10.5. The Balaban J connectivity index is 1.88. The summed E-state index contributed by atoms with van der Waals surface area (Å²) in [6.45, 7) is 10.4. The van der Waals surface area contributed by atoms with Gasteiger partial charge in [0, 0.05) is 11.4 Å². The number of hydrogen-bond donors (Lipinski definition) is 2. The molecular weight excluding hydrogens is 310 g/mol. The highest BCUT2D eigenvalue weighted by atomic mass is 15.3. The highest BCUT2D eigenvalue weighted by Gasteiger charge is 2.09. The van der Waals surface area contributed by atoms with Crippen molar-refractivity contribution in [2.75, 3.05) is 10.6 Å². The van der Waals surface area contributed by atoms with Crippen molar-refractivity contribution in [3.8, 4) is 0 Å². The zero-order chi connectivity index (χ0) is 18.0. The number of para-hydroxylation sites is 1. The summed E-state index contributed by atoms with van der Waals surface area (Å²) in [7, 11) is 0. The van der Waals surface area contributed by atoms with Crippen LogP contribution in [0.3, 0.4) is 0 Å². The van der Waals surface area contributed by atoms with Crippen molar-refractivity contribution < 1.29 is 0 Å². The maximum Gasteiger partial charge on any atom is 0.249 e. The van der Waals surface area contributed by atoms with Gasteiger partial charge in [-0.05, 0) is 56.9 Å². The predicted octanol–water partition coefficient (Wildman–Crippen LogP) is 4.90. The van der Waals surface area contributed by atoms with Gasteiger partial charge in [-0.1, -0.05) is 35.9 Å². The molecule has 128 valence electrons. The van der Waals surface area contributed by atoms with Crippen LogP contribution in [0.2, 0.25) is 0 Å². The van der Waals surface area contributed by atoms with E-state index in [1.807, 2.05) is 6.07 Å². The third kappa shape index (κ3) is 3.76. The molecule has 0 unspecified atom stereocenters. The fourth-order valence-electron chi connectivity index (χ4n) is 3.05. The number of aryl methyl sites for hydroxylation is 5. The number of hydrogen-bond acceptors (Lipinski definition) is 5. The molecule has 2 N–H and O–H groups in total. The minimum Gasteiger partial charge on any atom is -0.338 e. The van der Waals surface area contributed by atoms with Gasteiger partial charge in [0.25, 0.3) is 0 Å². The number of rotatable bonds is 4. The lowest BCUT2D eigenvalue weighted by Crippen LogP contribution is -2.05. The molecule has 0 saturated heterocycles. The molecule has 5 nitrogen and oxygen atoms in total. The Kier molecular flexibility index (Phi) is 4.65. The molecule has 1 aromatic heterocycles. The standard InChI is InChI=1S/C20H23N5/c1-12-9-15(4)19(16(5)10-12)24-20-23-17(11-21-25-20)22-18-13(2)7-6-8-14(18)3/h6-11H,1-5H3,(H2,22,23,24,25). The lowest BCUT2D eigenvalue weighted by Gasteiger charge is -2.14. The van der Waals surface area contributed by atoms with E-state index in [2.05, 4.69) is 84.7 Å². The molecule has 0 radical (unpaired) electrons. The molecule has 0 amide bonds. The van der Waals surface area contributed by atoms with Gasteiger partial charge in [0.15, 0.2) is 5.82 Å². The SMILES string of the molecule is Cc1cc(C)c(Nc2nncc(Nc3c(C)cccc3C)n2)c(C)c1. The van der Waals surface area contributed by atoms with E-state index in [9.17, 15) is 0 Å². The smallest absolute Gasteiger partial charge is 0.249 e. The maximum atomic E-state index is 4.55. The second-order valence-electron chi connectivity index (χ2n) is 6.46. The van der Waals surface area contributed by atoms with Crippen LogP contribution in [0.25, 0.3) is 0 Å². The predicted molar refractivity (Wildman–Crippen MR) is 103 cm³/mol. The average Bonchev–Trinajstić information content (AvgIpc) is 2.55. The Bertz CT molecular complexity index is 874. The van der Waals surface area contributed by atoms with Crippen molar-refractivity contribution in [3.05, 3.63) is 64.3 Å². The normalized spacial score (nSPS) is 10.6. The zero-order valence-electron chi connectivity index (χ0n) is 15.3. The number of aromatic nitrogens is 3. The highest BCUT2D eigenvalue weighted by molar-refractivity contribution is 5.66. The van der Waals surface area contributed by atoms with Crippen LogP contribution in [0.15, 0.2) is 36.5 Å². The van der Waals surface area contributed by atoms with Gasteiger partial charge < -0.3 is 10.6 Å². The molecule has 0 saturated carbocycles. The summed E-state index contributed by atoms with van der Waals surface area (Å²) in [5.41, 5.74) is 7.97. The minimum absolute atomic E-state index is 0.478. The van der Waals surface area contributed by atoms with E-state index >= 15 is 0 Å². The van der Waals surface area contributed by atoms with E-state index in [0.29, 0.717) is 11.8 Å². The Morgan fingerprint density at radius 3 is 2.00 bits per heavy atom. The first-order valence-corrected chi connectivity index (χ1v) is 8.32. The Morgan fingerprint density at radius 1 is 0.760 bits per heavy atom. The first-order chi connectivity index (χ1) is 11.9. The van der Waals surface area contributed by atoms with Crippen LogP contribution in [-0.4, -0.2) is 15.2 Å². The number of anilines is 4. The molecule has 0 aliphatic carbocycles. The van der Waals surface area contributed by atoms with Gasteiger partial charge in [-0.3, -0.25) is 0 Å². The molecule has 25 heavy (non-hydrogen) atoms. The van der Waals surface area contributed by atoms with E-state index in [0.717, 1.165) is 22.5 Å². The summed E-state index contributed by atoms with van der Waals surface area (Å²) in [4.78, 5) is 4.55. The summed E-state index contributed by atoms with van der Waals surface area (Å²) < 4.78 is 0. The molecule has 0 atom stereocenters. The minimum atomic E-state index is 0.478. The molecule has 0 bridgehead atoms. The molecule has 1 heterocycles. The second kappa shape index (κ2) is 6.89. The molecule has 3 aromatic rings. The molecule has 0 aliphatic heterocycles. The number of benzene rings is 2. The Hall–Kier alpha value is -2.95. The first kappa shape index (κ1) is 16.9. The Labute approximate surface area is 148 Å². The van der Waals surface area contributed by atoms with Gasteiger partial charge in [0.05, 0.1) is 6.20 Å². The van der Waals surface area contributed by atoms with E-state index in [-0.39, 0.29) is 0 Å². The van der Waals surface area contributed by atoms with Crippen LogP contribution in [0.5, 0.6) is 0 Å². The maximum absolute atomic E-state index is 4.55. The van der Waals surface area contributed by atoms with Gasteiger partial charge >= 0.3 is 0 Å². The van der Waals surface area contributed by atoms with Gasteiger partial charge in [-0.25, -0.2) is 0 Å². The van der Waals surface area contributed by atoms with Crippen molar-refractivity contribution >= 4 is 23.1 Å². The van der Waals surface area contributed by atoms with E-state index in [1.165, 1.54) is 16.7 Å². The van der Waals surface area contributed by atoms with Crippen molar-refractivity contribution in [3.63, 3.8) is 0 Å². The largest absolute Gasteiger partial charge is 0.338 e. The van der Waals surface area contributed by atoms with Crippen LogP contribution in [0.4, 0.5) is 23.1 Å². The van der Waals surface area contributed by atoms with Crippen LogP contribution >= 0.6 is 0 Å². The van der Waals surface area contributed by atoms with Crippen molar-refractivity contribution in [2.24, 2.45) is 0 Å². The molecule has 3 rings (SSSR count). The summed E-state index contributed by atoms with van der Waals surface area (Å²) in [5.74, 6) is 1.14. The van der Waals surface area contributed by atoms with Crippen molar-refractivity contribution in [1.29, 1.82) is 0 Å². The fourth-order valence-corrected chi connectivity index (χ4v) is 3.05. The third-order valence-electron chi connectivity index (χ3n) is 4.21. The van der Waals surface area contributed by atoms with Crippen LogP contribution < -0.4 is 10.6 Å². The molecular formula is C20H23N5. The second-order valence-corrected chi connectivity index (χ2v) is 6.46. The first-order valence-electron chi connectivity index (χ1n) is 8.32. The van der Waals surface area contributed by atoms with E-state index < -0.39 is 0 Å². The quantitative estimate of drug-likeness (QED) is 0.711. The van der Waals surface area contributed by atoms with Crippen LogP contribution in [-0.2, 0) is 0 Å². The number of nitrogens with zero attached hydrogens (tertiary/aromatic N) is 3. The molecule has 5 heteroatoms. The summed E-state index contributed by atoms with van der Waals surface area (Å²) >= 11 is 0. The van der Waals surface area contributed by atoms with Gasteiger partial charge in [-0.15, -0.1) is 5.10 Å².